The molecule has 170 valence electrons. The fourth-order valence-electron chi connectivity index (χ4n) is 6.96. The number of amides is 1. The molecule has 0 aromatic heterocycles. The van der Waals surface area contributed by atoms with Crippen molar-refractivity contribution < 1.29 is 13.2 Å². The highest BCUT2D eigenvalue weighted by Gasteiger charge is 2.54. The van der Waals surface area contributed by atoms with E-state index >= 15 is 0 Å². The third-order valence-electron chi connectivity index (χ3n) is 8.22. The molecule has 4 aliphatic carbocycles. The van der Waals surface area contributed by atoms with Crippen molar-refractivity contribution in [2.45, 2.75) is 50.3 Å². The van der Waals surface area contributed by atoms with E-state index in [1.807, 2.05) is 19.1 Å². The maximum Gasteiger partial charge on any atom is 0.243 e. The molecule has 31 heavy (non-hydrogen) atoms. The molecule has 6 nitrogen and oxygen atoms in total. The second-order valence-corrected chi connectivity index (χ2v) is 12.5. The number of hydrogen-bond donors (Lipinski definition) is 1. The van der Waals surface area contributed by atoms with E-state index in [0.29, 0.717) is 37.6 Å². The fourth-order valence-corrected chi connectivity index (χ4v) is 8.38. The molecule has 5 fully saturated rings. The maximum atomic E-state index is 13.1. The Kier molecular flexibility index (Phi) is 5.64. The minimum Gasteiger partial charge on any atom is -0.354 e. The molecule has 4 bridgehead atoms. The van der Waals surface area contributed by atoms with Crippen LogP contribution in [-0.2, 0) is 14.8 Å². The molecule has 0 spiro atoms. The van der Waals surface area contributed by atoms with E-state index < -0.39 is 10.0 Å². The van der Waals surface area contributed by atoms with Crippen LogP contribution in [-0.4, -0.2) is 62.8 Å². The van der Waals surface area contributed by atoms with E-state index in [9.17, 15) is 13.2 Å². The van der Waals surface area contributed by atoms with Gasteiger partial charge in [0.2, 0.25) is 15.9 Å². The van der Waals surface area contributed by atoms with Crippen molar-refractivity contribution in [3.05, 3.63) is 29.8 Å². The summed E-state index contributed by atoms with van der Waals surface area (Å²) in [6.07, 6.45) is 7.34. The van der Waals surface area contributed by atoms with Gasteiger partial charge in [0, 0.05) is 44.7 Å². The van der Waals surface area contributed by atoms with Gasteiger partial charge in [0.15, 0.2) is 0 Å². The van der Waals surface area contributed by atoms with Crippen LogP contribution in [0.4, 0.5) is 0 Å². The van der Waals surface area contributed by atoms with Crippen LogP contribution in [0, 0.1) is 30.1 Å². The normalized spacial score (nSPS) is 33.5. The molecule has 1 amide bonds. The van der Waals surface area contributed by atoms with Crippen molar-refractivity contribution in [3.8, 4) is 0 Å². The van der Waals surface area contributed by atoms with Crippen LogP contribution in [0.15, 0.2) is 29.2 Å². The quantitative estimate of drug-likeness (QED) is 0.731. The molecular weight excluding hydrogens is 410 g/mol. The summed E-state index contributed by atoms with van der Waals surface area (Å²) >= 11 is 0. The summed E-state index contributed by atoms with van der Waals surface area (Å²) in [6, 6.07) is 7.07. The number of nitrogens with zero attached hydrogens (tertiary/aromatic N) is 2. The third-order valence-corrected chi connectivity index (χ3v) is 10.1. The third kappa shape index (κ3) is 4.16. The van der Waals surface area contributed by atoms with Crippen molar-refractivity contribution in [2.75, 3.05) is 39.3 Å². The van der Waals surface area contributed by atoms with Crippen molar-refractivity contribution >= 4 is 15.9 Å². The van der Waals surface area contributed by atoms with E-state index in [-0.39, 0.29) is 11.3 Å². The van der Waals surface area contributed by atoms with Gasteiger partial charge in [-0.1, -0.05) is 17.7 Å². The Balaban J connectivity index is 1.09. The molecule has 5 aliphatic rings. The second-order valence-electron chi connectivity index (χ2n) is 10.5. The molecule has 7 heteroatoms. The Bertz CT molecular complexity index is 885. The molecule has 1 heterocycles. The molecule has 1 aromatic carbocycles. The van der Waals surface area contributed by atoms with Crippen LogP contribution in [0.25, 0.3) is 0 Å². The summed E-state index contributed by atoms with van der Waals surface area (Å²) in [5.74, 6) is 2.62. The molecule has 1 N–H and O–H groups in total. The average molecular weight is 446 g/mol. The molecule has 0 unspecified atom stereocenters. The molecule has 1 aromatic rings. The molecule has 4 saturated carbocycles. The van der Waals surface area contributed by atoms with Crippen LogP contribution in [0.1, 0.15) is 44.1 Å². The van der Waals surface area contributed by atoms with Gasteiger partial charge in [-0.3, -0.25) is 9.69 Å². The van der Waals surface area contributed by atoms with Crippen molar-refractivity contribution in [3.63, 3.8) is 0 Å². The predicted molar refractivity (Wildman–Crippen MR) is 120 cm³/mol. The molecule has 1 aliphatic heterocycles. The zero-order chi connectivity index (χ0) is 21.6. The van der Waals surface area contributed by atoms with Crippen LogP contribution >= 0.6 is 0 Å². The van der Waals surface area contributed by atoms with Crippen LogP contribution < -0.4 is 5.32 Å². The first kappa shape index (κ1) is 21.4. The Hall–Kier alpha value is -1.44. The summed E-state index contributed by atoms with van der Waals surface area (Å²) in [7, 11) is -3.43. The Morgan fingerprint density at radius 1 is 0.968 bits per heavy atom. The van der Waals surface area contributed by atoms with Crippen LogP contribution in [0.3, 0.4) is 0 Å². The smallest absolute Gasteiger partial charge is 0.243 e. The van der Waals surface area contributed by atoms with E-state index in [2.05, 4.69) is 10.2 Å². The minimum atomic E-state index is -3.43. The number of aryl methyl sites for hydroxylation is 1. The summed E-state index contributed by atoms with van der Waals surface area (Å²) in [5.41, 5.74) is 0.967. The lowest BCUT2D eigenvalue weighted by molar-refractivity contribution is -0.146. The van der Waals surface area contributed by atoms with Gasteiger partial charge in [-0.2, -0.15) is 4.31 Å². The van der Waals surface area contributed by atoms with E-state index in [1.165, 1.54) is 19.3 Å². The average Bonchev–Trinajstić information content (AvgIpc) is 2.73. The zero-order valence-corrected chi connectivity index (χ0v) is 19.4. The molecule has 6 rings (SSSR count). The van der Waals surface area contributed by atoms with Gasteiger partial charge in [0.1, 0.15) is 0 Å². The largest absolute Gasteiger partial charge is 0.354 e. The first-order valence-electron chi connectivity index (χ1n) is 11.9. The molecular formula is C24H35N3O3S. The van der Waals surface area contributed by atoms with Gasteiger partial charge in [0.05, 0.1) is 4.90 Å². The molecule has 0 radical (unpaired) electrons. The number of piperazine rings is 1. The highest BCUT2D eigenvalue weighted by atomic mass is 32.2. The summed E-state index contributed by atoms with van der Waals surface area (Å²) in [5, 5.41) is 3.25. The number of nitrogens with one attached hydrogen (secondary N) is 1. The highest BCUT2D eigenvalue weighted by Crippen LogP contribution is 2.60. The minimum absolute atomic E-state index is 0.0877. The Labute approximate surface area is 186 Å². The summed E-state index contributed by atoms with van der Waals surface area (Å²) in [4.78, 5) is 15.7. The topological polar surface area (TPSA) is 69.7 Å². The second kappa shape index (κ2) is 8.16. The van der Waals surface area contributed by atoms with Gasteiger partial charge in [-0.25, -0.2) is 8.42 Å². The lowest BCUT2D eigenvalue weighted by Gasteiger charge is -2.55. The molecule has 1 saturated heterocycles. The van der Waals surface area contributed by atoms with E-state index in [4.69, 9.17) is 0 Å². The first-order chi connectivity index (χ1) is 14.8. The van der Waals surface area contributed by atoms with Gasteiger partial charge in [0.25, 0.3) is 0 Å². The van der Waals surface area contributed by atoms with Crippen LogP contribution in [0.2, 0.25) is 0 Å². The maximum absolute atomic E-state index is 13.1. The fraction of sp³-hybridized carbons (Fsp3) is 0.708. The van der Waals surface area contributed by atoms with Gasteiger partial charge < -0.3 is 5.32 Å². The van der Waals surface area contributed by atoms with Crippen molar-refractivity contribution in [1.82, 2.24) is 14.5 Å². The Morgan fingerprint density at radius 3 is 2.06 bits per heavy atom. The predicted octanol–water partition coefficient (Wildman–Crippen LogP) is 2.63. The molecule has 0 atom stereocenters. The lowest BCUT2D eigenvalue weighted by atomic mass is 9.49. The van der Waals surface area contributed by atoms with Crippen LogP contribution in [0.5, 0.6) is 0 Å². The monoisotopic (exact) mass is 445 g/mol. The number of carbonyl (C=O) groups is 1. The SMILES string of the molecule is Cc1ccc(S(=O)(=O)N2CCN(CCNC(=O)C34CC5CC(CC(C5)C3)C4)CC2)cc1. The lowest BCUT2D eigenvalue weighted by Crippen LogP contribution is -2.55. The number of sulfonamides is 1. The zero-order valence-electron chi connectivity index (χ0n) is 18.6. The standard InChI is InChI=1S/C24H35N3O3S/c1-18-2-4-22(5-3-18)31(29,30)27-10-8-26(9-11-27)7-6-25-23(28)24-15-19-12-20(16-24)14-21(13-19)17-24/h2-5,19-21H,6-17H2,1H3,(H,25,28). The van der Waals surface area contributed by atoms with Crippen molar-refractivity contribution in [2.24, 2.45) is 23.2 Å². The van der Waals surface area contributed by atoms with Gasteiger partial charge in [-0.15, -0.1) is 0 Å². The number of hydrogen-bond acceptors (Lipinski definition) is 4. The van der Waals surface area contributed by atoms with Gasteiger partial charge in [-0.05, 0) is 75.3 Å². The van der Waals surface area contributed by atoms with E-state index in [0.717, 1.165) is 49.1 Å². The first-order valence-corrected chi connectivity index (χ1v) is 13.4. The van der Waals surface area contributed by atoms with E-state index in [1.54, 1.807) is 16.4 Å². The number of rotatable bonds is 6. The summed E-state index contributed by atoms with van der Waals surface area (Å²) in [6.45, 7) is 5.81. The summed E-state index contributed by atoms with van der Waals surface area (Å²) < 4.78 is 27.3. The number of benzene rings is 1. The highest BCUT2D eigenvalue weighted by molar-refractivity contribution is 7.89. The number of carbonyl (C=O) groups excluding carboxylic acids is 1. The van der Waals surface area contributed by atoms with Crippen molar-refractivity contribution in [1.29, 1.82) is 0 Å². The Morgan fingerprint density at radius 2 is 1.52 bits per heavy atom. The van der Waals surface area contributed by atoms with Gasteiger partial charge >= 0.3 is 0 Å².